The molecule has 0 aromatic carbocycles. The first-order chi connectivity index (χ1) is 3.13. The van der Waals surface area contributed by atoms with E-state index in [1.807, 2.05) is 0 Å². The van der Waals surface area contributed by atoms with E-state index in [1.54, 1.807) is 0 Å². The SMILES string of the molecule is CN(Cl)OS(=O)O. The number of rotatable bonds is 2. The van der Waals surface area contributed by atoms with Gasteiger partial charge < -0.3 is 0 Å². The van der Waals surface area contributed by atoms with Gasteiger partial charge in [0.25, 0.3) is 0 Å². The van der Waals surface area contributed by atoms with Crippen molar-refractivity contribution in [2.45, 2.75) is 0 Å². The number of nitrogens with zero attached hydrogens (tertiary/aromatic N) is 1. The maximum atomic E-state index is 9.57. The van der Waals surface area contributed by atoms with Gasteiger partial charge in [-0.2, -0.15) is 8.49 Å². The zero-order valence-electron chi connectivity index (χ0n) is 3.50. The number of hydrogen-bond acceptors (Lipinski definition) is 3. The van der Waals surface area contributed by atoms with E-state index in [-0.39, 0.29) is 0 Å². The van der Waals surface area contributed by atoms with Gasteiger partial charge in [-0.1, -0.05) is 4.58 Å². The molecule has 1 atom stereocenters. The summed E-state index contributed by atoms with van der Waals surface area (Å²) in [5.74, 6) is 0. The van der Waals surface area contributed by atoms with Gasteiger partial charge in [0.1, 0.15) is 0 Å². The van der Waals surface area contributed by atoms with Crippen LogP contribution in [0, 0.1) is 0 Å². The average Bonchev–Trinajstić information content (AvgIpc) is 1.27. The van der Waals surface area contributed by atoms with E-state index in [9.17, 15) is 4.21 Å². The molecule has 1 unspecified atom stereocenters. The summed E-state index contributed by atoms with van der Waals surface area (Å²) in [5.41, 5.74) is 0. The molecule has 0 aliphatic rings. The van der Waals surface area contributed by atoms with E-state index < -0.39 is 11.4 Å². The molecule has 0 saturated carbocycles. The minimum atomic E-state index is -2.30. The minimum absolute atomic E-state index is 0.621. The molecule has 0 aromatic heterocycles. The fourth-order valence-corrected chi connectivity index (χ4v) is 0.408. The van der Waals surface area contributed by atoms with E-state index in [0.29, 0.717) is 4.58 Å². The minimum Gasteiger partial charge on any atom is -0.283 e. The van der Waals surface area contributed by atoms with Crippen LogP contribution in [0.1, 0.15) is 0 Å². The molecule has 4 nitrogen and oxygen atoms in total. The maximum Gasteiger partial charge on any atom is 0.320 e. The molecule has 0 radical (unpaired) electrons. The van der Waals surface area contributed by atoms with Crippen LogP contribution in [0.2, 0.25) is 0 Å². The van der Waals surface area contributed by atoms with Crippen LogP contribution in [0.25, 0.3) is 0 Å². The molecule has 0 rings (SSSR count). The second-order valence-electron chi connectivity index (χ2n) is 0.712. The lowest BCUT2D eigenvalue weighted by atomic mass is 11.6. The summed E-state index contributed by atoms with van der Waals surface area (Å²) in [6, 6.07) is 0. The predicted molar refractivity (Wildman–Crippen MR) is 25.5 cm³/mol. The maximum absolute atomic E-state index is 9.57. The van der Waals surface area contributed by atoms with Crippen LogP contribution < -0.4 is 0 Å². The third-order valence-electron chi connectivity index (χ3n) is 0.166. The van der Waals surface area contributed by atoms with Crippen molar-refractivity contribution in [1.29, 1.82) is 0 Å². The van der Waals surface area contributed by atoms with E-state index in [2.05, 4.69) is 4.28 Å². The van der Waals surface area contributed by atoms with Gasteiger partial charge in [-0.15, -0.1) is 0 Å². The zero-order valence-corrected chi connectivity index (χ0v) is 5.07. The van der Waals surface area contributed by atoms with Crippen LogP contribution in [-0.2, 0) is 15.6 Å². The molecular formula is CH4ClNO3S. The number of hydrogen-bond donors (Lipinski definition) is 1. The Morgan fingerprint density at radius 3 is 2.43 bits per heavy atom. The molecule has 6 heteroatoms. The number of halogens is 1. The highest BCUT2D eigenvalue weighted by Crippen LogP contribution is 1.89. The molecule has 0 saturated heterocycles. The lowest BCUT2D eigenvalue weighted by molar-refractivity contribution is 0.0748. The van der Waals surface area contributed by atoms with Crippen molar-refractivity contribution in [3.63, 3.8) is 0 Å². The summed E-state index contributed by atoms with van der Waals surface area (Å²) in [4.78, 5) is 0. The molecule has 0 amide bonds. The summed E-state index contributed by atoms with van der Waals surface area (Å²) in [5, 5.41) is 0. The van der Waals surface area contributed by atoms with Gasteiger partial charge >= 0.3 is 11.4 Å². The van der Waals surface area contributed by atoms with Crippen molar-refractivity contribution in [1.82, 2.24) is 4.58 Å². The second-order valence-corrected chi connectivity index (χ2v) is 1.77. The summed E-state index contributed by atoms with van der Waals surface area (Å²) >= 11 is 2.63. The highest BCUT2D eigenvalue weighted by atomic mass is 35.5. The Kier molecular flexibility index (Phi) is 3.49. The Hall–Kier alpha value is 0.320. The molecular weight excluding hydrogens is 142 g/mol. The third-order valence-corrected chi connectivity index (χ3v) is 0.668. The first kappa shape index (κ1) is 7.32. The standard InChI is InChI=1S/CH4ClNO3S/c1-3(2)6-7(4)5/h1H3,(H,4,5). The lowest BCUT2D eigenvalue weighted by Gasteiger charge is -1.98. The van der Waals surface area contributed by atoms with Crippen molar-refractivity contribution in [2.24, 2.45) is 0 Å². The largest absolute Gasteiger partial charge is 0.320 e. The smallest absolute Gasteiger partial charge is 0.283 e. The molecule has 0 aliphatic carbocycles. The van der Waals surface area contributed by atoms with E-state index in [4.69, 9.17) is 16.3 Å². The van der Waals surface area contributed by atoms with Gasteiger partial charge in [-0.05, 0) is 0 Å². The van der Waals surface area contributed by atoms with E-state index in [1.165, 1.54) is 7.05 Å². The van der Waals surface area contributed by atoms with Gasteiger partial charge in [0, 0.05) is 18.8 Å². The quantitative estimate of drug-likeness (QED) is 0.341. The zero-order chi connectivity index (χ0) is 5.86. The third kappa shape index (κ3) is 6.32. The van der Waals surface area contributed by atoms with Gasteiger partial charge in [0.05, 0.1) is 0 Å². The molecule has 1 N–H and O–H groups in total. The van der Waals surface area contributed by atoms with Crippen molar-refractivity contribution in [2.75, 3.05) is 7.05 Å². The van der Waals surface area contributed by atoms with E-state index >= 15 is 0 Å². The van der Waals surface area contributed by atoms with Gasteiger partial charge in [0.15, 0.2) is 0 Å². The first-order valence-corrected chi connectivity index (χ1v) is 2.68. The van der Waals surface area contributed by atoms with Crippen LogP contribution in [0.15, 0.2) is 0 Å². The molecule has 0 fully saturated rings. The van der Waals surface area contributed by atoms with Crippen LogP contribution >= 0.6 is 11.8 Å². The van der Waals surface area contributed by atoms with Crippen LogP contribution in [0.3, 0.4) is 0 Å². The van der Waals surface area contributed by atoms with Gasteiger partial charge in [-0.3, -0.25) is 4.55 Å². The molecule has 44 valence electrons. The second kappa shape index (κ2) is 3.34. The molecule has 0 bridgehead atoms. The van der Waals surface area contributed by atoms with Crippen molar-refractivity contribution >= 4 is 23.1 Å². The summed E-state index contributed by atoms with van der Waals surface area (Å²) in [7, 11) is 1.29. The lowest BCUT2D eigenvalue weighted by Crippen LogP contribution is -2.07. The summed E-state index contributed by atoms with van der Waals surface area (Å²) < 4.78 is 21.9. The Labute approximate surface area is 48.6 Å². The molecule has 0 aliphatic heterocycles. The van der Waals surface area contributed by atoms with Crippen molar-refractivity contribution < 1.29 is 13.0 Å². The fourth-order valence-electron chi connectivity index (χ4n) is 0.0879. The Balaban J connectivity index is 3.13. The van der Waals surface area contributed by atoms with E-state index in [0.717, 1.165) is 0 Å². The van der Waals surface area contributed by atoms with Gasteiger partial charge in [0.2, 0.25) is 0 Å². The first-order valence-electron chi connectivity index (χ1n) is 1.31. The Morgan fingerprint density at radius 2 is 2.43 bits per heavy atom. The normalized spacial score (nSPS) is 14.9. The van der Waals surface area contributed by atoms with Crippen molar-refractivity contribution in [3.8, 4) is 0 Å². The highest BCUT2D eigenvalue weighted by molar-refractivity contribution is 7.74. The topological polar surface area (TPSA) is 49.8 Å². The predicted octanol–water partition coefficient (Wildman–Crippen LogP) is 0.140. The summed E-state index contributed by atoms with van der Waals surface area (Å²) in [6.07, 6.45) is 0. The van der Waals surface area contributed by atoms with Crippen LogP contribution in [-0.4, -0.2) is 20.4 Å². The monoisotopic (exact) mass is 145 g/mol. The highest BCUT2D eigenvalue weighted by Gasteiger charge is 1.94. The summed E-state index contributed by atoms with van der Waals surface area (Å²) in [6.45, 7) is 0. The number of hydroxylamine groups is 1. The Morgan fingerprint density at radius 1 is 2.00 bits per heavy atom. The van der Waals surface area contributed by atoms with Crippen LogP contribution in [0.5, 0.6) is 0 Å². The van der Waals surface area contributed by atoms with Crippen molar-refractivity contribution in [3.05, 3.63) is 0 Å². The molecule has 0 aromatic rings. The van der Waals surface area contributed by atoms with Crippen LogP contribution in [0.4, 0.5) is 0 Å². The average molecular weight is 146 g/mol. The molecule has 0 spiro atoms. The molecule has 7 heavy (non-hydrogen) atoms. The molecule has 0 heterocycles. The van der Waals surface area contributed by atoms with Gasteiger partial charge in [-0.25, -0.2) is 0 Å². The Bertz CT molecular complexity index is 75.3. The fraction of sp³-hybridized carbons (Fsp3) is 1.00.